The van der Waals surface area contributed by atoms with Crippen LogP contribution in [0.2, 0.25) is 0 Å². The Morgan fingerprint density at radius 1 is 0.729 bits per heavy atom. The Labute approximate surface area is 353 Å². The standard InChI is InChI=1S/C42H79BN8O8/c1-8-9-10-11-12-17-23-46-24-20-35(53)49-31(18-13-15-21-44)39(56)51-36(28(3)52)40(57)47-27(2)37(54)50-32(19-14-16-22-45)38(55)48-29(4)43-58-34-26-30-25-33(41(30,5)6)42(34,7)59-43/h27-34,36,46,52H,8-26,44-45H2,1-7H3,(H,47,57)(H,48,55)(H,49,53)(H,50,54)(H,51,56). The van der Waals surface area contributed by atoms with Gasteiger partial charge in [0.05, 0.1) is 23.8 Å². The fourth-order valence-corrected chi connectivity index (χ4v) is 8.98. The van der Waals surface area contributed by atoms with Gasteiger partial charge in [-0.2, -0.15) is 0 Å². The van der Waals surface area contributed by atoms with Crippen molar-refractivity contribution in [2.75, 3.05) is 26.2 Å². The van der Waals surface area contributed by atoms with Crippen molar-refractivity contribution < 1.29 is 38.4 Å². The van der Waals surface area contributed by atoms with Crippen LogP contribution in [-0.4, -0.2) is 116 Å². The molecule has 17 heteroatoms. The molecule has 3 aliphatic carbocycles. The number of rotatable bonds is 29. The summed E-state index contributed by atoms with van der Waals surface area (Å²) in [4.78, 5) is 66.9. The van der Waals surface area contributed by atoms with Crippen LogP contribution in [-0.2, 0) is 33.3 Å². The minimum absolute atomic E-state index is 0.0453. The molecular weight excluding hydrogens is 755 g/mol. The van der Waals surface area contributed by atoms with Gasteiger partial charge in [0.15, 0.2) is 0 Å². The van der Waals surface area contributed by atoms with Gasteiger partial charge >= 0.3 is 7.12 Å². The van der Waals surface area contributed by atoms with Gasteiger partial charge < -0.3 is 57.8 Å². The number of nitrogens with one attached hydrogen (secondary N) is 6. The predicted molar refractivity (Wildman–Crippen MR) is 229 cm³/mol. The smallest absolute Gasteiger partial charge is 0.404 e. The van der Waals surface area contributed by atoms with E-state index < -0.39 is 72.6 Å². The van der Waals surface area contributed by atoms with Crippen molar-refractivity contribution >= 4 is 36.7 Å². The summed E-state index contributed by atoms with van der Waals surface area (Å²) >= 11 is 0. The molecule has 1 heterocycles. The molecule has 1 aliphatic heterocycles. The first-order valence-corrected chi connectivity index (χ1v) is 22.6. The van der Waals surface area contributed by atoms with Crippen LogP contribution in [0.3, 0.4) is 0 Å². The molecule has 338 valence electrons. The Balaban J connectivity index is 1.54. The Morgan fingerprint density at radius 3 is 1.95 bits per heavy atom. The fourth-order valence-electron chi connectivity index (χ4n) is 8.98. The van der Waals surface area contributed by atoms with Crippen LogP contribution in [0.5, 0.6) is 0 Å². The fraction of sp³-hybridized carbons (Fsp3) is 0.881. The summed E-state index contributed by atoms with van der Waals surface area (Å²) in [6.45, 7) is 15.6. The Bertz CT molecular complexity index is 1360. The minimum atomic E-state index is -1.43. The second kappa shape index (κ2) is 24.6. The first-order chi connectivity index (χ1) is 28.0. The molecule has 4 rings (SSSR count). The summed E-state index contributed by atoms with van der Waals surface area (Å²) in [5, 5.41) is 27.5. The number of aliphatic hydroxyl groups is 1. The maximum atomic E-state index is 13.7. The van der Waals surface area contributed by atoms with Crippen LogP contribution >= 0.6 is 0 Å². The zero-order valence-corrected chi connectivity index (χ0v) is 37.2. The van der Waals surface area contributed by atoms with Crippen molar-refractivity contribution in [3.05, 3.63) is 0 Å². The quantitative estimate of drug-likeness (QED) is 0.0388. The lowest BCUT2D eigenvalue weighted by atomic mass is 9.43. The molecule has 1 saturated heterocycles. The molecule has 10 atom stereocenters. The maximum Gasteiger partial charge on any atom is 0.481 e. The number of hydrogen-bond acceptors (Lipinski definition) is 11. The summed E-state index contributed by atoms with van der Waals surface area (Å²) in [5.41, 5.74) is 11.1. The lowest BCUT2D eigenvalue weighted by molar-refractivity contribution is -0.199. The molecule has 5 amide bonds. The molecule has 4 fully saturated rings. The molecular formula is C42H79BN8O8. The van der Waals surface area contributed by atoms with Crippen LogP contribution in [0.15, 0.2) is 0 Å². The Hall–Kier alpha value is -2.83. The second-order valence-electron chi connectivity index (χ2n) is 18.1. The zero-order chi connectivity index (χ0) is 43.8. The van der Waals surface area contributed by atoms with Crippen LogP contribution < -0.4 is 43.4 Å². The van der Waals surface area contributed by atoms with Crippen LogP contribution in [0.1, 0.15) is 145 Å². The topological polar surface area (TPSA) is 248 Å². The average molecular weight is 835 g/mol. The summed E-state index contributed by atoms with van der Waals surface area (Å²) in [6.07, 6.45) is 10.9. The number of unbranched alkanes of at least 4 members (excludes halogenated alkanes) is 7. The van der Waals surface area contributed by atoms with Gasteiger partial charge in [-0.15, -0.1) is 0 Å². The van der Waals surface area contributed by atoms with E-state index in [1.54, 1.807) is 0 Å². The highest BCUT2D eigenvalue weighted by atomic mass is 16.7. The van der Waals surface area contributed by atoms with Crippen molar-refractivity contribution in [1.82, 2.24) is 31.9 Å². The number of hydrogen-bond donors (Lipinski definition) is 9. The van der Waals surface area contributed by atoms with E-state index in [1.165, 1.54) is 39.5 Å². The van der Waals surface area contributed by atoms with E-state index in [0.29, 0.717) is 63.6 Å². The average Bonchev–Trinajstić information content (AvgIpc) is 3.55. The number of carbonyl (C=O) groups is 5. The molecule has 0 aromatic carbocycles. The summed E-state index contributed by atoms with van der Waals surface area (Å²) in [5.74, 6) is -2.33. The molecule has 0 aromatic rings. The molecule has 0 aromatic heterocycles. The lowest BCUT2D eigenvalue weighted by Gasteiger charge is -2.64. The molecule has 16 nitrogen and oxygen atoms in total. The highest BCUT2D eigenvalue weighted by Gasteiger charge is 2.68. The van der Waals surface area contributed by atoms with Gasteiger partial charge in [-0.25, -0.2) is 0 Å². The van der Waals surface area contributed by atoms with Gasteiger partial charge in [0.1, 0.15) is 24.2 Å². The molecule has 11 N–H and O–H groups in total. The third kappa shape index (κ3) is 14.7. The number of carbonyl (C=O) groups excluding carboxylic acids is 5. The van der Waals surface area contributed by atoms with Gasteiger partial charge in [-0.05, 0) is 122 Å². The van der Waals surface area contributed by atoms with Gasteiger partial charge in [0.2, 0.25) is 29.5 Å². The van der Waals surface area contributed by atoms with Gasteiger partial charge in [0, 0.05) is 13.0 Å². The van der Waals surface area contributed by atoms with E-state index in [0.717, 1.165) is 32.2 Å². The molecule has 4 aliphatic rings. The SMILES string of the molecule is CCCCCCCCNCCC(=O)NC(CCCCN)C(=O)NC(C(=O)NC(C)C(=O)NC(CCCCN)C(=O)NC(C)B1OC2CC3CC(C3(C)C)C2(C)O1)C(C)O. The van der Waals surface area contributed by atoms with Crippen LogP contribution in [0, 0.1) is 17.3 Å². The molecule has 3 saturated carbocycles. The summed E-state index contributed by atoms with van der Waals surface area (Å²) in [7, 11) is -0.638. The number of nitrogens with two attached hydrogens (primary N) is 2. The normalized spacial score (nSPS) is 24.6. The number of amides is 5. The van der Waals surface area contributed by atoms with Crippen molar-refractivity contribution in [3.63, 3.8) is 0 Å². The van der Waals surface area contributed by atoms with E-state index in [-0.39, 0.29) is 30.3 Å². The van der Waals surface area contributed by atoms with E-state index in [9.17, 15) is 29.1 Å². The lowest BCUT2D eigenvalue weighted by Crippen LogP contribution is -2.65. The van der Waals surface area contributed by atoms with E-state index in [1.807, 2.05) is 6.92 Å². The Kier molecular flexibility index (Phi) is 21.0. The first-order valence-electron chi connectivity index (χ1n) is 22.6. The van der Waals surface area contributed by atoms with Gasteiger partial charge in [0.25, 0.3) is 0 Å². The van der Waals surface area contributed by atoms with E-state index >= 15 is 0 Å². The van der Waals surface area contributed by atoms with E-state index in [4.69, 9.17) is 20.8 Å². The second-order valence-corrected chi connectivity index (χ2v) is 18.1. The highest BCUT2D eigenvalue weighted by molar-refractivity contribution is 6.47. The third-order valence-electron chi connectivity index (χ3n) is 13.0. The molecule has 0 spiro atoms. The largest absolute Gasteiger partial charge is 0.481 e. The first kappa shape index (κ1) is 50.5. The van der Waals surface area contributed by atoms with Crippen molar-refractivity contribution in [1.29, 1.82) is 0 Å². The predicted octanol–water partition coefficient (Wildman–Crippen LogP) is 1.70. The molecule has 2 bridgehead atoms. The van der Waals surface area contributed by atoms with Crippen LogP contribution in [0.4, 0.5) is 0 Å². The van der Waals surface area contributed by atoms with Crippen molar-refractivity contribution in [2.45, 2.75) is 193 Å². The third-order valence-corrected chi connectivity index (χ3v) is 13.0. The van der Waals surface area contributed by atoms with Crippen molar-refractivity contribution in [2.24, 2.45) is 28.7 Å². The molecule has 59 heavy (non-hydrogen) atoms. The molecule has 10 unspecified atom stereocenters. The number of aliphatic hydroxyl groups excluding tert-OH is 1. The maximum absolute atomic E-state index is 13.7. The zero-order valence-electron chi connectivity index (χ0n) is 37.2. The van der Waals surface area contributed by atoms with Crippen molar-refractivity contribution in [3.8, 4) is 0 Å². The van der Waals surface area contributed by atoms with Gasteiger partial charge in [-0.3, -0.25) is 24.0 Å². The summed E-state index contributed by atoms with van der Waals surface area (Å²) < 4.78 is 12.9. The monoisotopic (exact) mass is 835 g/mol. The van der Waals surface area contributed by atoms with Crippen LogP contribution in [0.25, 0.3) is 0 Å². The summed E-state index contributed by atoms with van der Waals surface area (Å²) in [6, 6.07) is -4.45. The van der Waals surface area contributed by atoms with E-state index in [2.05, 4.69) is 59.6 Å². The Morgan fingerprint density at radius 2 is 1.34 bits per heavy atom. The minimum Gasteiger partial charge on any atom is -0.404 e. The van der Waals surface area contributed by atoms with Gasteiger partial charge in [-0.1, -0.05) is 52.9 Å². The molecule has 0 radical (unpaired) electrons. The highest BCUT2D eigenvalue weighted by Crippen LogP contribution is 2.65.